The number of ether oxygens (including phenoxy) is 1. The second-order valence-electron chi connectivity index (χ2n) is 9.27. The Balaban J connectivity index is 2.04. The van der Waals surface area contributed by atoms with Crippen LogP contribution in [-0.2, 0) is 23.1 Å². The van der Waals surface area contributed by atoms with Crippen molar-refractivity contribution >= 4 is 28.5 Å². The van der Waals surface area contributed by atoms with Gasteiger partial charge in [0.25, 0.3) is 5.56 Å². The Labute approximate surface area is 203 Å². The molecule has 0 radical (unpaired) electrons. The van der Waals surface area contributed by atoms with Crippen LogP contribution in [0.25, 0.3) is 22.0 Å². The molecule has 1 N–H and O–H groups in total. The molecule has 4 aromatic rings. The van der Waals surface area contributed by atoms with E-state index in [0.717, 1.165) is 11.1 Å². The van der Waals surface area contributed by atoms with E-state index in [1.165, 1.54) is 4.57 Å². The lowest BCUT2D eigenvalue weighted by Gasteiger charge is -2.28. The van der Waals surface area contributed by atoms with Crippen LogP contribution in [0.15, 0.2) is 71.7 Å². The minimum Gasteiger partial charge on any atom is -0.479 e. The molecule has 1 atom stereocenters. The number of hydrogen-bond donors (Lipinski definition) is 1. The Morgan fingerprint density at radius 2 is 1.71 bits per heavy atom. The van der Waals surface area contributed by atoms with E-state index in [1.807, 2.05) is 59.3 Å². The predicted molar refractivity (Wildman–Crippen MR) is 134 cm³/mol. The molecule has 2 heterocycles. The second kappa shape index (κ2) is 9.12. The number of hydrogen-bond acceptors (Lipinski definition) is 3. The van der Waals surface area contributed by atoms with Crippen molar-refractivity contribution in [2.75, 3.05) is 0 Å². The number of rotatable bonds is 6. The van der Waals surface area contributed by atoms with Crippen LogP contribution in [0, 0.1) is 0 Å². The third-order valence-corrected chi connectivity index (χ3v) is 5.88. The summed E-state index contributed by atoms with van der Waals surface area (Å²) >= 11 is 6.13. The largest absolute Gasteiger partial charge is 0.479 e. The van der Waals surface area contributed by atoms with Crippen molar-refractivity contribution in [2.45, 2.75) is 39.0 Å². The molecule has 7 heteroatoms. The van der Waals surface area contributed by atoms with Crippen LogP contribution in [0.2, 0.25) is 5.02 Å². The second-order valence-corrected chi connectivity index (χ2v) is 9.71. The van der Waals surface area contributed by atoms with Gasteiger partial charge in [0.2, 0.25) is 0 Å². The van der Waals surface area contributed by atoms with Gasteiger partial charge in [-0.15, -0.1) is 0 Å². The summed E-state index contributed by atoms with van der Waals surface area (Å²) in [6.07, 6.45) is 0.521. The van der Waals surface area contributed by atoms with Gasteiger partial charge in [0.05, 0.1) is 11.3 Å². The SMILES string of the molecule is Cn1c(C(OC(C)(C)C)C(=O)O)c(-c2ccc(Cl)cc2)c2ccn(Cc3ccccc3)c2c1=O. The fourth-order valence-corrected chi connectivity index (χ4v) is 4.33. The van der Waals surface area contributed by atoms with Crippen LogP contribution >= 0.6 is 11.6 Å². The van der Waals surface area contributed by atoms with Gasteiger partial charge in [-0.2, -0.15) is 0 Å². The normalized spacial score (nSPS) is 12.7. The lowest BCUT2D eigenvalue weighted by atomic mass is 9.96. The van der Waals surface area contributed by atoms with E-state index in [0.29, 0.717) is 33.7 Å². The maximum absolute atomic E-state index is 13.6. The highest BCUT2D eigenvalue weighted by Gasteiger charge is 2.33. The first-order chi connectivity index (χ1) is 16.1. The van der Waals surface area contributed by atoms with Gasteiger partial charge in [0.1, 0.15) is 5.52 Å². The number of benzene rings is 2. The lowest BCUT2D eigenvalue weighted by molar-refractivity contribution is -0.161. The summed E-state index contributed by atoms with van der Waals surface area (Å²) in [6.45, 7) is 5.88. The zero-order valence-corrected chi connectivity index (χ0v) is 20.3. The van der Waals surface area contributed by atoms with Crippen LogP contribution in [0.5, 0.6) is 0 Å². The van der Waals surface area contributed by atoms with Crippen molar-refractivity contribution in [3.05, 3.63) is 93.5 Å². The average Bonchev–Trinajstić information content (AvgIpc) is 3.19. The maximum Gasteiger partial charge on any atom is 0.339 e. The first-order valence-corrected chi connectivity index (χ1v) is 11.4. The van der Waals surface area contributed by atoms with Gasteiger partial charge in [0, 0.05) is 35.8 Å². The van der Waals surface area contributed by atoms with Crippen molar-refractivity contribution < 1.29 is 14.6 Å². The van der Waals surface area contributed by atoms with Gasteiger partial charge in [-0.3, -0.25) is 4.79 Å². The molecular weight excluding hydrogens is 452 g/mol. The Hall–Kier alpha value is -3.35. The van der Waals surface area contributed by atoms with Crippen LogP contribution in [-0.4, -0.2) is 25.8 Å². The van der Waals surface area contributed by atoms with Gasteiger partial charge in [-0.25, -0.2) is 4.79 Å². The van der Waals surface area contributed by atoms with Gasteiger partial charge < -0.3 is 19.0 Å². The highest BCUT2D eigenvalue weighted by molar-refractivity contribution is 6.30. The molecule has 0 bridgehead atoms. The summed E-state index contributed by atoms with van der Waals surface area (Å²) in [6, 6.07) is 18.9. The Morgan fingerprint density at radius 1 is 1.06 bits per heavy atom. The van der Waals surface area contributed by atoms with E-state index in [-0.39, 0.29) is 5.56 Å². The number of nitrogens with zero attached hydrogens (tertiary/aromatic N) is 2. The smallest absolute Gasteiger partial charge is 0.339 e. The average molecular weight is 479 g/mol. The molecule has 0 aliphatic carbocycles. The minimum absolute atomic E-state index is 0.285. The molecule has 2 aromatic heterocycles. The monoisotopic (exact) mass is 478 g/mol. The number of carbonyl (C=O) groups is 1. The molecule has 0 saturated carbocycles. The molecule has 6 nitrogen and oxygen atoms in total. The van der Waals surface area contributed by atoms with Crippen molar-refractivity contribution in [1.29, 1.82) is 0 Å². The van der Waals surface area contributed by atoms with E-state index >= 15 is 0 Å². The van der Waals surface area contributed by atoms with Crippen molar-refractivity contribution in [2.24, 2.45) is 7.05 Å². The quantitative estimate of drug-likeness (QED) is 0.388. The van der Waals surface area contributed by atoms with Crippen molar-refractivity contribution in [3.8, 4) is 11.1 Å². The lowest BCUT2D eigenvalue weighted by Crippen LogP contribution is -2.33. The molecule has 0 fully saturated rings. The van der Waals surface area contributed by atoms with Crippen LogP contribution in [0.4, 0.5) is 0 Å². The molecule has 0 saturated heterocycles. The summed E-state index contributed by atoms with van der Waals surface area (Å²) in [4.78, 5) is 26.0. The first kappa shape index (κ1) is 23.8. The maximum atomic E-state index is 13.6. The molecule has 0 amide bonds. The number of halogens is 1. The summed E-state index contributed by atoms with van der Waals surface area (Å²) in [5, 5.41) is 11.4. The number of fused-ring (bicyclic) bond motifs is 1. The molecule has 0 spiro atoms. The van der Waals surface area contributed by atoms with Gasteiger partial charge in [-0.1, -0.05) is 54.1 Å². The van der Waals surface area contributed by atoms with Crippen molar-refractivity contribution in [3.63, 3.8) is 0 Å². The van der Waals surface area contributed by atoms with Crippen LogP contribution in [0.1, 0.15) is 38.1 Å². The summed E-state index contributed by atoms with van der Waals surface area (Å²) in [5.74, 6) is -1.16. The van der Waals surface area contributed by atoms with Gasteiger partial charge >= 0.3 is 5.97 Å². The van der Waals surface area contributed by atoms with Gasteiger partial charge in [0.15, 0.2) is 6.10 Å². The van der Waals surface area contributed by atoms with E-state index in [1.54, 1.807) is 40.0 Å². The van der Waals surface area contributed by atoms with Crippen molar-refractivity contribution in [1.82, 2.24) is 9.13 Å². The standard InChI is InChI=1S/C27H27ClN2O4/c1-27(2,3)34-24(26(32)33)23-21(18-10-12-19(28)13-11-18)20-14-15-30(22(20)25(31)29(23)4)16-17-8-6-5-7-9-17/h5-15,24H,16H2,1-4H3,(H,32,33). The third kappa shape index (κ3) is 4.65. The van der Waals surface area contributed by atoms with E-state index in [9.17, 15) is 14.7 Å². The highest BCUT2D eigenvalue weighted by Crippen LogP contribution is 2.37. The summed E-state index contributed by atoms with van der Waals surface area (Å²) in [7, 11) is 1.60. The molecule has 1 unspecified atom stereocenters. The Bertz CT molecular complexity index is 1400. The Morgan fingerprint density at radius 3 is 2.29 bits per heavy atom. The number of pyridine rings is 1. The Kier molecular flexibility index (Phi) is 6.39. The number of aliphatic carboxylic acids is 1. The molecule has 176 valence electrons. The molecule has 0 aliphatic heterocycles. The third-order valence-electron chi connectivity index (χ3n) is 5.63. The van der Waals surface area contributed by atoms with Gasteiger partial charge in [-0.05, 0) is 50.1 Å². The molecule has 0 aliphatic rings. The number of aromatic nitrogens is 2. The number of carboxylic acid groups (broad SMARTS) is 1. The summed E-state index contributed by atoms with van der Waals surface area (Å²) in [5.41, 5.74) is 2.20. The topological polar surface area (TPSA) is 73.5 Å². The zero-order chi connectivity index (χ0) is 24.6. The predicted octanol–water partition coefficient (Wildman–Crippen LogP) is 5.65. The highest BCUT2D eigenvalue weighted by atomic mass is 35.5. The minimum atomic E-state index is -1.34. The first-order valence-electron chi connectivity index (χ1n) is 11.0. The van der Waals surface area contributed by atoms with E-state index < -0.39 is 17.7 Å². The zero-order valence-electron chi connectivity index (χ0n) is 19.6. The summed E-state index contributed by atoms with van der Waals surface area (Å²) < 4.78 is 9.27. The van der Waals surface area contributed by atoms with Crippen LogP contribution < -0.4 is 5.56 Å². The molecule has 4 rings (SSSR count). The fourth-order valence-electron chi connectivity index (χ4n) is 4.20. The van der Waals surface area contributed by atoms with E-state index in [2.05, 4.69) is 0 Å². The molecule has 2 aromatic carbocycles. The fraction of sp³-hybridized carbons (Fsp3) is 0.259. The number of carboxylic acids is 1. The van der Waals surface area contributed by atoms with Crippen LogP contribution in [0.3, 0.4) is 0 Å². The molecular formula is C27H27ClN2O4. The van der Waals surface area contributed by atoms with E-state index in [4.69, 9.17) is 16.3 Å². The molecule has 34 heavy (non-hydrogen) atoms.